The highest BCUT2D eigenvalue weighted by molar-refractivity contribution is 6.42. The predicted molar refractivity (Wildman–Crippen MR) is 142 cm³/mol. The summed E-state index contributed by atoms with van der Waals surface area (Å²) in [5.41, 5.74) is 4.55. The Kier molecular flexibility index (Phi) is 10.2. The van der Waals surface area contributed by atoms with Gasteiger partial charge in [-0.1, -0.05) is 64.6 Å². The monoisotopic (exact) mass is 551 g/mol. The summed E-state index contributed by atoms with van der Waals surface area (Å²) in [4.78, 5) is 24.0. The summed E-state index contributed by atoms with van der Waals surface area (Å²) in [6.45, 7) is 0.284. The van der Waals surface area contributed by atoms with Crippen LogP contribution in [0.3, 0.4) is 0 Å². The standard InChI is InChI=1S/C25H21Cl4N3O3/c26-18-8-7-17(22(28)12-18)15-35-20-4-1-3-16(11-20)14-30-32-25(34)6-2-5-24(33)31-19-9-10-21(27)23(29)13-19/h1,3-4,7-14H,2,5-6,15H2,(H,31,33)(H,32,34)/b30-14-. The molecule has 0 radical (unpaired) electrons. The molecule has 182 valence electrons. The number of benzene rings is 3. The Bertz CT molecular complexity index is 1230. The molecule has 0 aromatic heterocycles. The van der Waals surface area contributed by atoms with Crippen molar-refractivity contribution in [3.05, 3.63) is 91.9 Å². The van der Waals surface area contributed by atoms with Gasteiger partial charge in [-0.3, -0.25) is 9.59 Å². The van der Waals surface area contributed by atoms with Crippen molar-refractivity contribution in [1.82, 2.24) is 5.43 Å². The molecule has 0 fully saturated rings. The third-order valence-corrected chi connectivity index (χ3v) is 6.01. The smallest absolute Gasteiger partial charge is 0.240 e. The summed E-state index contributed by atoms with van der Waals surface area (Å²) in [6.07, 6.45) is 2.20. The molecule has 3 aromatic rings. The average Bonchev–Trinajstić information content (AvgIpc) is 2.81. The van der Waals surface area contributed by atoms with Crippen molar-refractivity contribution in [2.45, 2.75) is 25.9 Å². The zero-order chi connectivity index (χ0) is 25.2. The molecule has 6 nitrogen and oxygen atoms in total. The lowest BCUT2D eigenvalue weighted by molar-refractivity contribution is -0.121. The van der Waals surface area contributed by atoms with Crippen molar-refractivity contribution >= 4 is 70.1 Å². The number of nitrogens with zero attached hydrogens (tertiary/aromatic N) is 1. The van der Waals surface area contributed by atoms with Crippen LogP contribution in [0.25, 0.3) is 0 Å². The molecule has 0 unspecified atom stereocenters. The Balaban J connectivity index is 1.39. The van der Waals surface area contributed by atoms with Gasteiger partial charge in [0.1, 0.15) is 12.4 Å². The van der Waals surface area contributed by atoms with Crippen molar-refractivity contribution in [2.75, 3.05) is 5.32 Å². The molecule has 0 aliphatic rings. The minimum atomic E-state index is -0.298. The molecule has 0 bridgehead atoms. The van der Waals surface area contributed by atoms with E-state index in [4.69, 9.17) is 51.1 Å². The number of hydrogen-bond donors (Lipinski definition) is 2. The van der Waals surface area contributed by atoms with Gasteiger partial charge in [-0.05, 0) is 54.4 Å². The molecule has 3 rings (SSSR count). The lowest BCUT2D eigenvalue weighted by Crippen LogP contribution is -2.18. The van der Waals surface area contributed by atoms with E-state index in [0.29, 0.717) is 37.9 Å². The van der Waals surface area contributed by atoms with Crippen LogP contribution >= 0.6 is 46.4 Å². The van der Waals surface area contributed by atoms with Gasteiger partial charge < -0.3 is 10.1 Å². The van der Waals surface area contributed by atoms with E-state index in [-0.39, 0.29) is 31.3 Å². The molecule has 2 N–H and O–H groups in total. The second kappa shape index (κ2) is 13.4. The van der Waals surface area contributed by atoms with E-state index in [2.05, 4.69) is 15.8 Å². The molecule has 10 heteroatoms. The zero-order valence-electron chi connectivity index (χ0n) is 18.4. The van der Waals surface area contributed by atoms with E-state index < -0.39 is 0 Å². The van der Waals surface area contributed by atoms with Gasteiger partial charge in [-0.2, -0.15) is 5.10 Å². The number of ether oxygens (including phenoxy) is 1. The van der Waals surface area contributed by atoms with Crippen LogP contribution in [-0.4, -0.2) is 18.0 Å². The fraction of sp³-hybridized carbons (Fsp3) is 0.160. The Morgan fingerprint density at radius 1 is 0.857 bits per heavy atom. The highest BCUT2D eigenvalue weighted by Crippen LogP contribution is 2.25. The van der Waals surface area contributed by atoms with E-state index in [1.54, 1.807) is 36.4 Å². The maximum Gasteiger partial charge on any atom is 0.240 e. The first kappa shape index (κ1) is 26.8. The van der Waals surface area contributed by atoms with Gasteiger partial charge in [0.15, 0.2) is 0 Å². The van der Waals surface area contributed by atoms with Gasteiger partial charge in [0.25, 0.3) is 0 Å². The van der Waals surface area contributed by atoms with Crippen molar-refractivity contribution < 1.29 is 14.3 Å². The lowest BCUT2D eigenvalue weighted by atomic mass is 10.2. The molecular formula is C25H21Cl4N3O3. The fourth-order valence-corrected chi connectivity index (χ4v) is 3.69. The zero-order valence-corrected chi connectivity index (χ0v) is 21.4. The number of carbonyl (C=O) groups is 2. The van der Waals surface area contributed by atoms with E-state index in [1.807, 2.05) is 24.3 Å². The molecule has 0 atom stereocenters. The molecule has 0 aliphatic heterocycles. The molecule has 3 aromatic carbocycles. The number of rotatable bonds is 10. The fourth-order valence-electron chi connectivity index (χ4n) is 2.93. The van der Waals surface area contributed by atoms with E-state index in [9.17, 15) is 9.59 Å². The van der Waals surface area contributed by atoms with Crippen LogP contribution in [0, 0.1) is 0 Å². The van der Waals surface area contributed by atoms with E-state index >= 15 is 0 Å². The van der Waals surface area contributed by atoms with Gasteiger partial charge >= 0.3 is 0 Å². The van der Waals surface area contributed by atoms with Crippen LogP contribution in [0.5, 0.6) is 5.75 Å². The summed E-state index contributed by atoms with van der Waals surface area (Å²) in [5, 5.41) is 8.53. The third kappa shape index (κ3) is 9.07. The first-order valence-electron chi connectivity index (χ1n) is 10.5. The molecule has 0 heterocycles. The van der Waals surface area contributed by atoms with Crippen LogP contribution < -0.4 is 15.5 Å². The topological polar surface area (TPSA) is 79.8 Å². The number of halogens is 4. The average molecular weight is 553 g/mol. The summed E-state index contributed by atoms with van der Waals surface area (Å²) < 4.78 is 5.78. The molecule has 2 amide bonds. The second-order valence-corrected chi connectivity index (χ2v) is 9.08. The Labute approximate surface area is 223 Å². The number of nitrogens with one attached hydrogen (secondary N) is 2. The minimum absolute atomic E-state index is 0.150. The summed E-state index contributed by atoms with van der Waals surface area (Å²) >= 11 is 23.9. The maximum atomic E-state index is 12.0. The van der Waals surface area contributed by atoms with Crippen molar-refractivity contribution in [3.8, 4) is 5.75 Å². The largest absolute Gasteiger partial charge is 0.489 e. The molecule has 0 saturated carbocycles. The summed E-state index contributed by atoms with van der Waals surface area (Å²) in [6, 6.07) is 17.3. The van der Waals surface area contributed by atoms with Gasteiger partial charge in [-0.25, -0.2) is 5.43 Å². The van der Waals surface area contributed by atoms with Crippen LogP contribution in [0.4, 0.5) is 5.69 Å². The van der Waals surface area contributed by atoms with Gasteiger partial charge in [-0.15, -0.1) is 0 Å². The quantitative estimate of drug-likeness (QED) is 0.207. The third-order valence-electron chi connectivity index (χ3n) is 4.68. The van der Waals surface area contributed by atoms with Gasteiger partial charge in [0, 0.05) is 34.1 Å². The molecular weight excluding hydrogens is 532 g/mol. The Morgan fingerprint density at radius 3 is 2.43 bits per heavy atom. The summed E-state index contributed by atoms with van der Waals surface area (Å²) in [5.74, 6) is 0.101. The van der Waals surface area contributed by atoms with Crippen LogP contribution in [-0.2, 0) is 16.2 Å². The molecule has 0 saturated heterocycles. The number of amides is 2. The second-order valence-electron chi connectivity index (χ2n) is 7.42. The number of hydrogen-bond acceptors (Lipinski definition) is 4. The lowest BCUT2D eigenvalue weighted by Gasteiger charge is -2.08. The van der Waals surface area contributed by atoms with E-state index in [1.165, 1.54) is 6.21 Å². The van der Waals surface area contributed by atoms with Crippen LogP contribution in [0.2, 0.25) is 20.1 Å². The highest BCUT2D eigenvalue weighted by atomic mass is 35.5. The maximum absolute atomic E-state index is 12.0. The Morgan fingerprint density at radius 2 is 1.66 bits per heavy atom. The van der Waals surface area contributed by atoms with Crippen LogP contribution in [0.15, 0.2) is 65.8 Å². The molecule has 0 aliphatic carbocycles. The first-order valence-corrected chi connectivity index (χ1v) is 12.0. The minimum Gasteiger partial charge on any atom is -0.489 e. The highest BCUT2D eigenvalue weighted by Gasteiger charge is 2.07. The van der Waals surface area contributed by atoms with E-state index in [0.717, 1.165) is 11.1 Å². The van der Waals surface area contributed by atoms with Crippen molar-refractivity contribution in [2.24, 2.45) is 5.10 Å². The molecule has 35 heavy (non-hydrogen) atoms. The summed E-state index contributed by atoms with van der Waals surface area (Å²) in [7, 11) is 0. The molecule has 0 spiro atoms. The first-order chi connectivity index (χ1) is 16.8. The number of anilines is 1. The van der Waals surface area contributed by atoms with Crippen LogP contribution in [0.1, 0.15) is 30.4 Å². The predicted octanol–water partition coefficient (Wildman–Crippen LogP) is 7.14. The normalized spacial score (nSPS) is 10.9. The van der Waals surface area contributed by atoms with Crippen molar-refractivity contribution in [1.29, 1.82) is 0 Å². The van der Waals surface area contributed by atoms with Gasteiger partial charge in [0.2, 0.25) is 11.8 Å². The SMILES string of the molecule is O=C(CCCC(=O)Nc1ccc(Cl)c(Cl)c1)N/N=C\c1cccc(OCc2ccc(Cl)cc2Cl)c1. The van der Waals surface area contributed by atoms with Crippen molar-refractivity contribution in [3.63, 3.8) is 0 Å². The number of hydrazone groups is 1. The Hall–Kier alpha value is -2.77. The number of carbonyl (C=O) groups excluding carboxylic acids is 2. The van der Waals surface area contributed by atoms with Gasteiger partial charge in [0.05, 0.1) is 16.3 Å².